The SMILES string of the molecule is COc1ccccc1NC(N)=NCC(C)Cn1cccn1. The van der Waals surface area contributed by atoms with Gasteiger partial charge in [-0.3, -0.25) is 9.67 Å². The first-order valence-corrected chi connectivity index (χ1v) is 6.86. The van der Waals surface area contributed by atoms with Crippen molar-refractivity contribution in [2.75, 3.05) is 19.0 Å². The Kier molecular flexibility index (Phi) is 5.20. The maximum absolute atomic E-state index is 5.91. The molecule has 0 bridgehead atoms. The Balaban J connectivity index is 1.89. The number of guanidine groups is 1. The minimum atomic E-state index is 0.350. The third kappa shape index (κ3) is 4.52. The van der Waals surface area contributed by atoms with Gasteiger partial charge < -0.3 is 15.8 Å². The smallest absolute Gasteiger partial charge is 0.193 e. The first-order chi connectivity index (χ1) is 10.2. The Morgan fingerprint density at radius 1 is 1.43 bits per heavy atom. The van der Waals surface area contributed by atoms with Crippen molar-refractivity contribution in [2.24, 2.45) is 16.6 Å². The molecule has 21 heavy (non-hydrogen) atoms. The molecule has 0 saturated carbocycles. The normalized spacial score (nSPS) is 13.0. The van der Waals surface area contributed by atoms with Crippen LogP contribution in [0.4, 0.5) is 5.69 Å². The number of benzene rings is 1. The van der Waals surface area contributed by atoms with Crippen molar-refractivity contribution in [1.82, 2.24) is 9.78 Å². The highest BCUT2D eigenvalue weighted by atomic mass is 16.5. The van der Waals surface area contributed by atoms with Gasteiger partial charge in [0.25, 0.3) is 0 Å². The van der Waals surface area contributed by atoms with Crippen LogP contribution in [0.3, 0.4) is 0 Å². The lowest BCUT2D eigenvalue weighted by Crippen LogP contribution is -2.24. The van der Waals surface area contributed by atoms with E-state index in [1.807, 2.05) is 41.2 Å². The van der Waals surface area contributed by atoms with Crippen LogP contribution < -0.4 is 15.8 Å². The minimum absolute atomic E-state index is 0.350. The topological polar surface area (TPSA) is 77.5 Å². The monoisotopic (exact) mass is 287 g/mol. The van der Waals surface area contributed by atoms with Crippen LogP contribution in [0, 0.1) is 5.92 Å². The predicted molar refractivity (Wildman–Crippen MR) is 84.5 cm³/mol. The van der Waals surface area contributed by atoms with Crippen molar-refractivity contribution >= 4 is 11.6 Å². The summed E-state index contributed by atoms with van der Waals surface area (Å²) in [4.78, 5) is 4.36. The summed E-state index contributed by atoms with van der Waals surface area (Å²) in [5.74, 6) is 1.47. The zero-order chi connectivity index (χ0) is 15.1. The number of nitrogens with zero attached hydrogens (tertiary/aromatic N) is 3. The largest absolute Gasteiger partial charge is 0.495 e. The molecular weight excluding hydrogens is 266 g/mol. The quantitative estimate of drug-likeness (QED) is 0.629. The molecule has 2 rings (SSSR count). The molecule has 6 nitrogen and oxygen atoms in total. The Bertz CT molecular complexity index is 580. The predicted octanol–water partition coefficient (Wildman–Crippen LogP) is 1.95. The summed E-state index contributed by atoms with van der Waals surface area (Å²) in [6.07, 6.45) is 3.71. The Labute approximate surface area is 124 Å². The van der Waals surface area contributed by atoms with E-state index in [4.69, 9.17) is 10.5 Å². The van der Waals surface area contributed by atoms with E-state index >= 15 is 0 Å². The molecule has 1 aromatic heterocycles. The average molecular weight is 287 g/mol. The number of aromatic nitrogens is 2. The summed E-state index contributed by atoms with van der Waals surface area (Å²) in [6, 6.07) is 9.50. The summed E-state index contributed by atoms with van der Waals surface area (Å²) in [6.45, 7) is 3.56. The van der Waals surface area contributed by atoms with Gasteiger partial charge in [-0.2, -0.15) is 5.10 Å². The van der Waals surface area contributed by atoms with Gasteiger partial charge in [-0.15, -0.1) is 0 Å². The van der Waals surface area contributed by atoms with Crippen molar-refractivity contribution < 1.29 is 4.74 Å². The van der Waals surface area contributed by atoms with Crippen molar-refractivity contribution in [3.63, 3.8) is 0 Å². The van der Waals surface area contributed by atoms with Crippen LogP contribution in [0.1, 0.15) is 6.92 Å². The van der Waals surface area contributed by atoms with E-state index < -0.39 is 0 Å². The lowest BCUT2D eigenvalue weighted by Gasteiger charge is -2.12. The first kappa shape index (κ1) is 14.9. The number of hydrogen-bond donors (Lipinski definition) is 2. The number of anilines is 1. The van der Waals surface area contributed by atoms with Gasteiger partial charge in [0.05, 0.1) is 12.8 Å². The summed E-state index contributed by atoms with van der Waals surface area (Å²) >= 11 is 0. The van der Waals surface area contributed by atoms with Gasteiger partial charge >= 0.3 is 0 Å². The van der Waals surface area contributed by atoms with Crippen molar-refractivity contribution in [3.8, 4) is 5.75 Å². The van der Waals surface area contributed by atoms with E-state index in [9.17, 15) is 0 Å². The molecule has 0 amide bonds. The van der Waals surface area contributed by atoms with Crippen LogP contribution in [-0.2, 0) is 6.54 Å². The van der Waals surface area contributed by atoms with Crippen LogP contribution in [0.2, 0.25) is 0 Å². The Hall–Kier alpha value is -2.50. The van der Waals surface area contributed by atoms with Crippen LogP contribution >= 0.6 is 0 Å². The number of methoxy groups -OCH3 is 1. The summed E-state index contributed by atoms with van der Waals surface area (Å²) in [5, 5.41) is 7.23. The van der Waals surface area contributed by atoms with Gasteiger partial charge in [0.15, 0.2) is 5.96 Å². The first-order valence-electron chi connectivity index (χ1n) is 6.86. The molecule has 0 fully saturated rings. The molecule has 0 radical (unpaired) electrons. The molecule has 2 aromatic rings. The molecule has 1 heterocycles. The van der Waals surface area contributed by atoms with Gasteiger partial charge in [-0.05, 0) is 24.1 Å². The summed E-state index contributed by atoms with van der Waals surface area (Å²) in [7, 11) is 1.63. The van der Waals surface area contributed by atoms with Gasteiger partial charge in [-0.1, -0.05) is 19.1 Å². The minimum Gasteiger partial charge on any atom is -0.495 e. The third-order valence-electron chi connectivity index (χ3n) is 3.00. The van der Waals surface area contributed by atoms with Crippen molar-refractivity contribution in [1.29, 1.82) is 0 Å². The second-order valence-electron chi connectivity index (χ2n) is 4.88. The lowest BCUT2D eigenvalue weighted by atomic mass is 10.2. The molecule has 6 heteroatoms. The fourth-order valence-corrected chi connectivity index (χ4v) is 1.97. The number of nitrogens with two attached hydrogens (primary N) is 1. The van der Waals surface area contributed by atoms with Crippen LogP contribution in [0.5, 0.6) is 5.75 Å². The zero-order valence-electron chi connectivity index (χ0n) is 12.4. The molecule has 3 N–H and O–H groups in total. The Morgan fingerprint density at radius 3 is 2.95 bits per heavy atom. The maximum atomic E-state index is 5.91. The van der Waals surface area contributed by atoms with Gasteiger partial charge in [0, 0.05) is 25.5 Å². The fourth-order valence-electron chi connectivity index (χ4n) is 1.97. The second kappa shape index (κ2) is 7.33. The number of rotatable bonds is 6. The summed E-state index contributed by atoms with van der Waals surface area (Å²) < 4.78 is 7.15. The molecule has 0 saturated heterocycles. The third-order valence-corrected chi connectivity index (χ3v) is 3.00. The molecule has 1 aromatic carbocycles. The highest BCUT2D eigenvalue weighted by molar-refractivity contribution is 5.93. The van der Waals surface area contributed by atoms with E-state index in [1.54, 1.807) is 13.3 Å². The molecule has 0 aliphatic heterocycles. The number of para-hydroxylation sites is 2. The molecule has 1 atom stereocenters. The van der Waals surface area contributed by atoms with Crippen molar-refractivity contribution in [3.05, 3.63) is 42.7 Å². The van der Waals surface area contributed by atoms with E-state index in [0.717, 1.165) is 18.0 Å². The number of ether oxygens (including phenoxy) is 1. The van der Waals surface area contributed by atoms with E-state index in [-0.39, 0.29) is 0 Å². The van der Waals surface area contributed by atoms with E-state index in [0.29, 0.717) is 18.4 Å². The highest BCUT2D eigenvalue weighted by Crippen LogP contribution is 2.22. The van der Waals surface area contributed by atoms with Gasteiger partial charge in [-0.25, -0.2) is 0 Å². The summed E-state index contributed by atoms with van der Waals surface area (Å²) in [5.41, 5.74) is 6.72. The molecule has 112 valence electrons. The van der Waals surface area contributed by atoms with Crippen LogP contribution in [0.25, 0.3) is 0 Å². The lowest BCUT2D eigenvalue weighted by molar-refractivity contribution is 0.417. The zero-order valence-corrected chi connectivity index (χ0v) is 12.4. The number of aliphatic imine (C=N–C) groups is 1. The van der Waals surface area contributed by atoms with Gasteiger partial charge in [0.1, 0.15) is 5.75 Å². The standard InChI is InChI=1S/C15H21N5O/c1-12(11-20-9-5-8-18-20)10-17-15(16)19-13-6-3-4-7-14(13)21-2/h3-9,12H,10-11H2,1-2H3,(H3,16,17,19). The highest BCUT2D eigenvalue weighted by Gasteiger charge is 2.05. The molecule has 1 unspecified atom stereocenters. The average Bonchev–Trinajstić information content (AvgIpc) is 2.98. The number of nitrogens with one attached hydrogen (secondary N) is 1. The molecule has 0 aliphatic carbocycles. The van der Waals surface area contributed by atoms with E-state index in [1.165, 1.54) is 0 Å². The van der Waals surface area contributed by atoms with E-state index in [2.05, 4.69) is 22.3 Å². The van der Waals surface area contributed by atoms with Gasteiger partial charge in [0.2, 0.25) is 0 Å². The van der Waals surface area contributed by atoms with Crippen LogP contribution in [-0.4, -0.2) is 29.4 Å². The second-order valence-corrected chi connectivity index (χ2v) is 4.88. The van der Waals surface area contributed by atoms with Crippen molar-refractivity contribution in [2.45, 2.75) is 13.5 Å². The Morgan fingerprint density at radius 2 is 2.24 bits per heavy atom. The molecular formula is C15H21N5O. The molecule has 0 aliphatic rings. The fraction of sp³-hybridized carbons (Fsp3) is 0.333. The number of hydrogen-bond acceptors (Lipinski definition) is 3. The molecule has 0 spiro atoms. The maximum Gasteiger partial charge on any atom is 0.193 e. The van der Waals surface area contributed by atoms with Crippen LogP contribution in [0.15, 0.2) is 47.7 Å².